The number of nitrogens with zero attached hydrogens (tertiary/aromatic N) is 3. The molecule has 0 unspecified atom stereocenters. The molecular weight excluding hydrogens is 426 g/mol. The number of esters is 1. The van der Waals surface area contributed by atoms with E-state index < -0.39 is 21.9 Å². The first-order valence-corrected chi connectivity index (χ1v) is 10.6. The number of aromatic nitrogens is 2. The van der Waals surface area contributed by atoms with Crippen LogP contribution in [0.4, 0.5) is 11.6 Å². The molecule has 0 saturated heterocycles. The fourth-order valence-electron chi connectivity index (χ4n) is 2.84. The molecule has 3 N–H and O–H groups in total. The molecule has 1 aliphatic heterocycles. The zero-order valence-corrected chi connectivity index (χ0v) is 17.6. The Bertz CT molecular complexity index is 1110. The number of anilines is 2. The van der Waals surface area contributed by atoms with Gasteiger partial charge in [-0.25, -0.2) is 27.9 Å². The average Bonchev–Trinajstić information content (AvgIpc) is 3.05. The first kappa shape index (κ1) is 22.2. The highest BCUT2D eigenvalue weighted by Crippen LogP contribution is 2.24. The normalized spacial score (nSPS) is 14.0. The van der Waals surface area contributed by atoms with Crippen molar-refractivity contribution in [3.05, 3.63) is 53.5 Å². The number of hydrogen-bond acceptors (Lipinski definition) is 9. The third-order valence-corrected chi connectivity index (χ3v) is 5.74. The standard InChI is InChI=1S/C19H21N5O6S/c1-12-9-20-19(21-10-12)23-31(28,29)14-5-3-13(4-6-14)22-16-15(18(27)30-2)11-24(7-8-25)17(16)26/h3-6,9-10,22,25H,7-8,11H2,1-2H3,(H,20,21,23). The minimum absolute atomic E-state index is 0.00132. The van der Waals surface area contributed by atoms with Gasteiger partial charge in [-0.2, -0.15) is 0 Å². The van der Waals surface area contributed by atoms with Gasteiger partial charge in [0.1, 0.15) is 5.70 Å². The van der Waals surface area contributed by atoms with Crippen molar-refractivity contribution >= 4 is 33.5 Å². The summed E-state index contributed by atoms with van der Waals surface area (Å²) in [6.45, 7) is 1.59. The van der Waals surface area contributed by atoms with E-state index in [-0.39, 0.29) is 41.8 Å². The Morgan fingerprint density at radius 2 is 1.87 bits per heavy atom. The highest BCUT2D eigenvalue weighted by Gasteiger charge is 2.34. The van der Waals surface area contributed by atoms with E-state index in [1.165, 1.54) is 48.7 Å². The molecule has 2 heterocycles. The van der Waals surface area contributed by atoms with Crippen molar-refractivity contribution < 1.29 is 27.9 Å². The summed E-state index contributed by atoms with van der Waals surface area (Å²) in [4.78, 5) is 33.7. The number of β-amino-alcohol motifs (C(OH)–C–C–N with tert-alkyl or cyclic N) is 1. The van der Waals surface area contributed by atoms with Gasteiger partial charge in [0.2, 0.25) is 5.95 Å². The molecule has 0 spiro atoms. The van der Waals surface area contributed by atoms with Crippen LogP contribution in [-0.4, -0.2) is 67.1 Å². The first-order chi connectivity index (χ1) is 14.7. The molecule has 0 atom stereocenters. The van der Waals surface area contributed by atoms with E-state index in [1.807, 2.05) is 0 Å². The molecule has 0 fully saturated rings. The molecule has 3 rings (SSSR count). The van der Waals surface area contributed by atoms with Gasteiger partial charge in [-0.05, 0) is 36.8 Å². The second-order valence-corrected chi connectivity index (χ2v) is 8.32. The SMILES string of the molecule is COC(=O)C1=C(Nc2ccc(S(=O)(=O)Nc3ncc(C)cn3)cc2)C(=O)N(CCO)C1. The van der Waals surface area contributed by atoms with Crippen LogP contribution >= 0.6 is 0 Å². The molecule has 12 heteroatoms. The molecule has 164 valence electrons. The molecule has 1 aromatic heterocycles. The number of carbonyl (C=O) groups is 2. The summed E-state index contributed by atoms with van der Waals surface area (Å²) < 4.78 is 32.1. The van der Waals surface area contributed by atoms with Crippen LogP contribution in [0.2, 0.25) is 0 Å². The quantitative estimate of drug-likeness (QED) is 0.484. The predicted molar refractivity (Wildman–Crippen MR) is 110 cm³/mol. The van der Waals surface area contributed by atoms with Crippen LogP contribution in [0.15, 0.2) is 52.8 Å². The Morgan fingerprint density at radius 1 is 1.23 bits per heavy atom. The van der Waals surface area contributed by atoms with Gasteiger partial charge in [0.05, 0.1) is 30.7 Å². The zero-order chi connectivity index (χ0) is 22.6. The van der Waals surface area contributed by atoms with E-state index in [0.717, 1.165) is 5.56 Å². The van der Waals surface area contributed by atoms with Crippen LogP contribution in [0.5, 0.6) is 0 Å². The van der Waals surface area contributed by atoms with Gasteiger partial charge in [0.25, 0.3) is 15.9 Å². The number of nitrogens with one attached hydrogen (secondary N) is 2. The number of aliphatic hydroxyl groups is 1. The van der Waals surface area contributed by atoms with Gasteiger partial charge in [-0.3, -0.25) is 4.79 Å². The van der Waals surface area contributed by atoms with Crippen molar-refractivity contribution in [2.24, 2.45) is 0 Å². The Kier molecular flexibility index (Phi) is 6.51. The van der Waals surface area contributed by atoms with E-state index in [9.17, 15) is 18.0 Å². The van der Waals surface area contributed by atoms with E-state index in [4.69, 9.17) is 9.84 Å². The Labute approximate surface area is 178 Å². The minimum Gasteiger partial charge on any atom is -0.466 e. The van der Waals surface area contributed by atoms with Crippen molar-refractivity contribution in [2.75, 3.05) is 36.8 Å². The summed E-state index contributed by atoms with van der Waals surface area (Å²) in [5.41, 5.74) is 1.32. The fraction of sp³-hybridized carbons (Fsp3) is 0.263. The summed E-state index contributed by atoms with van der Waals surface area (Å²) in [5.74, 6) is -1.19. The molecule has 0 aliphatic carbocycles. The van der Waals surface area contributed by atoms with Crippen molar-refractivity contribution in [3.8, 4) is 0 Å². The van der Waals surface area contributed by atoms with Gasteiger partial charge >= 0.3 is 5.97 Å². The van der Waals surface area contributed by atoms with Crippen LogP contribution in [-0.2, 0) is 24.3 Å². The zero-order valence-electron chi connectivity index (χ0n) is 16.8. The summed E-state index contributed by atoms with van der Waals surface area (Å²) in [7, 11) is -2.71. The molecule has 1 aliphatic rings. The number of benzene rings is 1. The summed E-state index contributed by atoms with van der Waals surface area (Å²) in [6, 6.07) is 5.58. The fourth-order valence-corrected chi connectivity index (χ4v) is 3.79. The maximum absolute atomic E-state index is 12.6. The van der Waals surface area contributed by atoms with Crippen molar-refractivity contribution in [1.82, 2.24) is 14.9 Å². The summed E-state index contributed by atoms with van der Waals surface area (Å²) >= 11 is 0. The van der Waals surface area contributed by atoms with Crippen molar-refractivity contribution in [2.45, 2.75) is 11.8 Å². The molecular formula is C19H21N5O6S. The smallest absolute Gasteiger partial charge is 0.337 e. The number of aryl methyl sites for hydroxylation is 1. The van der Waals surface area contributed by atoms with Crippen molar-refractivity contribution in [3.63, 3.8) is 0 Å². The highest BCUT2D eigenvalue weighted by molar-refractivity contribution is 7.92. The number of rotatable bonds is 8. The number of amides is 1. The predicted octanol–water partition coefficient (Wildman–Crippen LogP) is 0.259. The topological polar surface area (TPSA) is 151 Å². The maximum atomic E-state index is 12.6. The van der Waals surface area contributed by atoms with E-state index in [0.29, 0.717) is 5.69 Å². The molecule has 0 bridgehead atoms. The summed E-state index contributed by atoms with van der Waals surface area (Å²) in [6.07, 6.45) is 2.98. The van der Waals surface area contributed by atoms with Crippen molar-refractivity contribution in [1.29, 1.82) is 0 Å². The van der Waals surface area contributed by atoms with Crippen LogP contribution in [0, 0.1) is 6.92 Å². The van der Waals surface area contributed by atoms with Gasteiger partial charge < -0.3 is 20.1 Å². The lowest BCUT2D eigenvalue weighted by Gasteiger charge is -2.15. The summed E-state index contributed by atoms with van der Waals surface area (Å²) in [5, 5.41) is 12.0. The van der Waals surface area contributed by atoms with Gasteiger partial charge in [0.15, 0.2) is 0 Å². The van der Waals surface area contributed by atoms with Crippen LogP contribution in [0.1, 0.15) is 5.56 Å². The van der Waals surface area contributed by atoms with E-state index in [1.54, 1.807) is 6.92 Å². The monoisotopic (exact) mass is 447 g/mol. The lowest BCUT2D eigenvalue weighted by molar-refractivity contribution is -0.136. The number of methoxy groups -OCH3 is 1. The van der Waals surface area contributed by atoms with Crippen LogP contribution < -0.4 is 10.0 Å². The van der Waals surface area contributed by atoms with Crippen LogP contribution in [0.25, 0.3) is 0 Å². The van der Waals surface area contributed by atoms with E-state index >= 15 is 0 Å². The lowest BCUT2D eigenvalue weighted by atomic mass is 10.2. The lowest BCUT2D eigenvalue weighted by Crippen LogP contribution is -2.31. The van der Waals surface area contributed by atoms with E-state index in [2.05, 4.69) is 20.0 Å². The third kappa shape index (κ3) is 4.98. The third-order valence-electron chi connectivity index (χ3n) is 4.39. The highest BCUT2D eigenvalue weighted by atomic mass is 32.2. The second kappa shape index (κ2) is 9.10. The average molecular weight is 447 g/mol. The Balaban J connectivity index is 1.79. The molecule has 11 nitrogen and oxygen atoms in total. The van der Waals surface area contributed by atoms with Gasteiger partial charge in [0, 0.05) is 24.6 Å². The molecule has 1 aromatic carbocycles. The minimum atomic E-state index is -3.92. The maximum Gasteiger partial charge on any atom is 0.337 e. The number of sulfonamides is 1. The van der Waals surface area contributed by atoms with Crippen LogP contribution in [0.3, 0.4) is 0 Å². The molecule has 1 amide bonds. The molecule has 0 saturated carbocycles. The number of hydrogen-bond donors (Lipinski definition) is 3. The number of ether oxygens (including phenoxy) is 1. The van der Waals surface area contributed by atoms with Gasteiger partial charge in [-0.1, -0.05) is 0 Å². The number of aliphatic hydroxyl groups excluding tert-OH is 1. The Hall–Kier alpha value is -3.51. The largest absolute Gasteiger partial charge is 0.466 e. The molecule has 2 aromatic rings. The second-order valence-electron chi connectivity index (χ2n) is 6.63. The Morgan fingerprint density at radius 3 is 2.45 bits per heavy atom. The molecule has 31 heavy (non-hydrogen) atoms. The first-order valence-electron chi connectivity index (χ1n) is 9.15. The van der Waals surface area contributed by atoms with Gasteiger partial charge in [-0.15, -0.1) is 0 Å². The number of carbonyl (C=O) groups excluding carboxylic acids is 2. The molecule has 0 radical (unpaired) electrons.